The van der Waals surface area contributed by atoms with Gasteiger partial charge in [0.1, 0.15) is 0 Å². The fourth-order valence-corrected chi connectivity index (χ4v) is 10.0. The molecule has 10 rings (SSSR count). The molecule has 254 valence electrons. The predicted molar refractivity (Wildman–Crippen MR) is 228 cm³/mol. The van der Waals surface area contributed by atoms with Crippen molar-refractivity contribution >= 4 is 65.0 Å². The number of aromatic nitrogens is 2. The zero-order valence-electron chi connectivity index (χ0n) is 30.2. The minimum Gasteiger partial charge on any atom is -0.253 e. The van der Waals surface area contributed by atoms with Crippen molar-refractivity contribution < 1.29 is 0 Å². The molecule has 0 aliphatic heterocycles. The van der Waals surface area contributed by atoms with E-state index in [-0.39, 0.29) is 5.41 Å². The van der Waals surface area contributed by atoms with Gasteiger partial charge >= 0.3 is 0 Å². The third-order valence-corrected chi connectivity index (χ3v) is 12.9. The quantitative estimate of drug-likeness (QED) is 0.132. The van der Waals surface area contributed by atoms with Crippen LogP contribution >= 0.6 is 11.3 Å². The fraction of sp³-hybridized carbons (Fsp3) is 0.120. The Kier molecular flexibility index (Phi) is 7.25. The molecule has 2 aromatic heterocycles. The van der Waals surface area contributed by atoms with E-state index >= 15 is 0 Å². The van der Waals surface area contributed by atoms with E-state index in [0.717, 1.165) is 40.4 Å². The van der Waals surface area contributed by atoms with Crippen molar-refractivity contribution in [2.75, 3.05) is 0 Å². The van der Waals surface area contributed by atoms with Crippen molar-refractivity contribution in [2.24, 2.45) is 0 Å². The highest BCUT2D eigenvalue weighted by Gasteiger charge is 2.36. The summed E-state index contributed by atoms with van der Waals surface area (Å²) in [5.74, 6) is 0. The Labute approximate surface area is 314 Å². The summed E-state index contributed by atoms with van der Waals surface area (Å²) in [6, 6.07) is 38.3. The van der Waals surface area contributed by atoms with E-state index in [9.17, 15) is 0 Å². The average Bonchev–Trinajstić information content (AvgIpc) is 3.69. The molecule has 0 atom stereocenters. The molecule has 53 heavy (non-hydrogen) atoms. The van der Waals surface area contributed by atoms with Crippen LogP contribution in [0.3, 0.4) is 0 Å². The third-order valence-electron chi connectivity index (χ3n) is 11.7. The molecular weight excluding hydrogens is 661 g/mol. The molecule has 2 aliphatic carbocycles. The Morgan fingerprint density at radius 1 is 0.679 bits per heavy atom. The maximum absolute atomic E-state index is 4.68. The van der Waals surface area contributed by atoms with Crippen molar-refractivity contribution in [3.8, 4) is 22.3 Å². The highest BCUT2D eigenvalue weighted by molar-refractivity contribution is 7.26. The number of hydrogen-bond donors (Lipinski definition) is 0. The molecule has 2 heterocycles. The monoisotopic (exact) mass is 698 g/mol. The largest absolute Gasteiger partial charge is 0.253 e. The lowest BCUT2D eigenvalue weighted by Gasteiger charge is -2.23. The first kappa shape index (κ1) is 31.8. The number of allylic oxidation sites excluding steroid dienone is 6. The predicted octanol–water partition coefficient (Wildman–Crippen LogP) is 13.8. The Balaban J connectivity index is 0.939. The molecule has 0 saturated heterocycles. The highest BCUT2D eigenvalue weighted by Crippen LogP contribution is 2.51. The van der Waals surface area contributed by atoms with Gasteiger partial charge in [0.2, 0.25) is 0 Å². The van der Waals surface area contributed by atoms with Crippen LogP contribution < -0.4 is 0 Å². The SMILES string of the molecule is C=C(/C=C\c1c(C)c2nccnc2c2ccccc12)C1=CC=C(c2ccc3c(c2)C(C)(C)c2cc(-c4cccc5c4sc4ccccc45)ccc2-3)CC1. The lowest BCUT2D eigenvalue weighted by molar-refractivity contribution is 0.660. The lowest BCUT2D eigenvalue weighted by Crippen LogP contribution is -2.15. The Bertz CT molecular complexity index is 2950. The van der Waals surface area contributed by atoms with Crippen LogP contribution in [0, 0.1) is 6.92 Å². The number of thiophene rings is 1. The molecule has 0 radical (unpaired) electrons. The van der Waals surface area contributed by atoms with Crippen molar-refractivity contribution in [1.82, 2.24) is 9.97 Å². The van der Waals surface area contributed by atoms with E-state index < -0.39 is 0 Å². The second-order valence-corrected chi connectivity index (χ2v) is 16.1. The fourth-order valence-electron chi connectivity index (χ4n) is 8.79. The molecule has 0 bridgehead atoms. The molecule has 0 unspecified atom stereocenters. The number of hydrogen-bond acceptors (Lipinski definition) is 3. The molecule has 2 aliphatic rings. The second kappa shape index (κ2) is 12.1. The third kappa shape index (κ3) is 4.99. The first-order valence-electron chi connectivity index (χ1n) is 18.5. The van der Waals surface area contributed by atoms with Gasteiger partial charge in [0.05, 0.1) is 11.0 Å². The summed E-state index contributed by atoms with van der Waals surface area (Å²) in [5, 5.41) is 5.00. The van der Waals surface area contributed by atoms with Gasteiger partial charge in [-0.15, -0.1) is 11.3 Å². The van der Waals surface area contributed by atoms with Crippen molar-refractivity contribution in [3.63, 3.8) is 0 Å². The van der Waals surface area contributed by atoms with E-state index in [1.807, 2.05) is 11.3 Å². The van der Waals surface area contributed by atoms with Gasteiger partial charge in [0.25, 0.3) is 0 Å². The maximum Gasteiger partial charge on any atom is 0.0968 e. The zero-order valence-corrected chi connectivity index (χ0v) is 31.0. The smallest absolute Gasteiger partial charge is 0.0968 e. The zero-order chi connectivity index (χ0) is 35.8. The van der Waals surface area contributed by atoms with Gasteiger partial charge in [-0.05, 0) is 110 Å². The molecule has 0 saturated carbocycles. The van der Waals surface area contributed by atoms with E-state index in [2.05, 4.69) is 165 Å². The molecule has 6 aromatic carbocycles. The summed E-state index contributed by atoms with van der Waals surface area (Å²) >= 11 is 1.90. The summed E-state index contributed by atoms with van der Waals surface area (Å²) in [5.41, 5.74) is 17.3. The average molecular weight is 699 g/mol. The maximum atomic E-state index is 4.68. The Morgan fingerprint density at radius 3 is 2.13 bits per heavy atom. The van der Waals surface area contributed by atoms with Crippen LogP contribution in [0.1, 0.15) is 54.5 Å². The topological polar surface area (TPSA) is 25.8 Å². The van der Waals surface area contributed by atoms with Gasteiger partial charge in [-0.1, -0.05) is 130 Å². The second-order valence-electron chi connectivity index (χ2n) is 15.0. The summed E-state index contributed by atoms with van der Waals surface area (Å²) in [6.45, 7) is 11.4. The van der Waals surface area contributed by atoms with Crippen LogP contribution in [0.5, 0.6) is 0 Å². The first-order chi connectivity index (χ1) is 25.9. The minimum absolute atomic E-state index is 0.100. The normalized spacial score (nSPS) is 14.9. The van der Waals surface area contributed by atoms with E-state index in [1.165, 1.54) is 81.2 Å². The summed E-state index contributed by atoms with van der Waals surface area (Å²) in [7, 11) is 0. The van der Waals surface area contributed by atoms with E-state index in [0.29, 0.717) is 0 Å². The van der Waals surface area contributed by atoms with Crippen molar-refractivity contribution in [2.45, 2.75) is 39.0 Å². The number of aryl methyl sites for hydroxylation is 1. The molecular formula is C50H38N2S. The van der Waals surface area contributed by atoms with Crippen LogP contribution in [0.25, 0.3) is 75.9 Å². The van der Waals surface area contributed by atoms with E-state index in [4.69, 9.17) is 0 Å². The summed E-state index contributed by atoms with van der Waals surface area (Å²) in [6.07, 6.45) is 14.5. The van der Waals surface area contributed by atoms with Gasteiger partial charge in [-0.2, -0.15) is 0 Å². The molecule has 3 heteroatoms. The molecule has 0 amide bonds. The van der Waals surface area contributed by atoms with Gasteiger partial charge in [0, 0.05) is 43.4 Å². The summed E-state index contributed by atoms with van der Waals surface area (Å²) in [4.78, 5) is 9.34. The summed E-state index contributed by atoms with van der Waals surface area (Å²) < 4.78 is 2.71. The van der Waals surface area contributed by atoms with Crippen molar-refractivity contribution in [1.29, 1.82) is 0 Å². The molecule has 0 N–H and O–H groups in total. The van der Waals surface area contributed by atoms with Crippen LogP contribution in [0.15, 0.2) is 151 Å². The van der Waals surface area contributed by atoms with Gasteiger partial charge in [-0.25, -0.2) is 0 Å². The van der Waals surface area contributed by atoms with Crippen LogP contribution in [-0.2, 0) is 5.41 Å². The minimum atomic E-state index is -0.100. The molecule has 0 spiro atoms. The number of nitrogens with zero attached hydrogens (tertiary/aromatic N) is 2. The lowest BCUT2D eigenvalue weighted by atomic mass is 9.80. The van der Waals surface area contributed by atoms with Crippen LogP contribution in [-0.4, -0.2) is 9.97 Å². The Hall–Kier alpha value is -5.90. The van der Waals surface area contributed by atoms with Crippen LogP contribution in [0.2, 0.25) is 0 Å². The van der Waals surface area contributed by atoms with Gasteiger partial charge < -0.3 is 0 Å². The van der Waals surface area contributed by atoms with Gasteiger partial charge in [-0.3, -0.25) is 9.97 Å². The standard InChI is InChI=1S/C50H38N2S/c1-30(16-23-36-31(2)47-48(52-27-26-51-47)42-12-6-5-10-38(36)42)32-17-19-33(20-18-32)34-21-24-39-40-25-22-35(29-45(40)50(3,4)44(39)28-34)37-13-9-14-43-41-11-7-8-15-46(41)53-49(37)43/h5-17,19,21-29H,1,18,20H2,2-4H3/b23-16-. The number of rotatable bonds is 5. The molecule has 8 aromatic rings. The highest BCUT2D eigenvalue weighted by atomic mass is 32.1. The Morgan fingerprint density at radius 2 is 1.36 bits per heavy atom. The number of fused-ring (bicyclic) bond motifs is 9. The van der Waals surface area contributed by atoms with Crippen molar-refractivity contribution in [3.05, 3.63) is 179 Å². The van der Waals surface area contributed by atoms with Gasteiger partial charge in [0.15, 0.2) is 0 Å². The number of benzene rings is 6. The molecule has 2 nitrogen and oxygen atoms in total. The molecule has 0 fully saturated rings. The van der Waals surface area contributed by atoms with E-state index in [1.54, 1.807) is 12.4 Å². The first-order valence-corrected chi connectivity index (χ1v) is 19.3. The van der Waals surface area contributed by atoms with Crippen LogP contribution in [0.4, 0.5) is 0 Å².